The maximum absolute atomic E-state index is 13.7. The third-order valence-electron chi connectivity index (χ3n) is 3.29. The van der Waals surface area contributed by atoms with Gasteiger partial charge < -0.3 is 5.32 Å². The molecular weight excluding hydrogens is 285 g/mol. The monoisotopic (exact) mass is 307 g/mol. The molecule has 0 fully saturated rings. The fourth-order valence-corrected chi connectivity index (χ4v) is 3.37. The summed E-state index contributed by atoms with van der Waals surface area (Å²) in [4.78, 5) is 1.06. The Morgan fingerprint density at radius 3 is 2.57 bits per heavy atom. The predicted octanol–water partition coefficient (Wildman–Crippen LogP) is 3.98. The van der Waals surface area contributed by atoms with Crippen molar-refractivity contribution in [1.82, 2.24) is 14.9 Å². The largest absolute Gasteiger partial charge is 0.306 e. The molecule has 0 aliphatic rings. The Kier molecular flexibility index (Phi) is 4.74. The molecule has 1 aromatic heterocycles. The molecule has 1 heterocycles. The Morgan fingerprint density at radius 2 is 2.00 bits per heavy atom. The fourth-order valence-electron chi connectivity index (χ4n) is 2.40. The van der Waals surface area contributed by atoms with E-state index in [1.807, 2.05) is 19.9 Å². The highest BCUT2D eigenvalue weighted by atomic mass is 32.1. The lowest BCUT2D eigenvalue weighted by Gasteiger charge is -2.23. The first kappa shape index (κ1) is 16.0. The standard InChI is InChI=1S/C16H22FN3S/c1-6-18-13(11-7-10(2)8-12(17)9-11)14-15(16(3,4)5)19-20-21-14/h7-9,13,18H,6H2,1-5H3. The van der Waals surface area contributed by atoms with E-state index in [0.29, 0.717) is 0 Å². The summed E-state index contributed by atoms with van der Waals surface area (Å²) in [6.45, 7) is 11.1. The number of nitrogens with zero attached hydrogens (tertiary/aromatic N) is 2. The third-order valence-corrected chi connectivity index (χ3v) is 4.08. The van der Waals surface area contributed by atoms with E-state index in [1.54, 1.807) is 12.1 Å². The second kappa shape index (κ2) is 6.20. The zero-order chi connectivity index (χ0) is 15.6. The molecule has 114 valence electrons. The first-order valence-electron chi connectivity index (χ1n) is 7.16. The molecule has 0 bridgehead atoms. The van der Waals surface area contributed by atoms with E-state index in [0.717, 1.165) is 28.2 Å². The van der Waals surface area contributed by atoms with Gasteiger partial charge in [0.05, 0.1) is 16.6 Å². The van der Waals surface area contributed by atoms with Gasteiger partial charge in [-0.3, -0.25) is 0 Å². The molecule has 1 aromatic carbocycles. The number of aromatic nitrogens is 2. The van der Waals surface area contributed by atoms with Crippen LogP contribution < -0.4 is 5.32 Å². The van der Waals surface area contributed by atoms with E-state index in [2.05, 4.69) is 35.7 Å². The van der Waals surface area contributed by atoms with Crippen molar-refractivity contribution in [2.24, 2.45) is 0 Å². The highest BCUT2D eigenvalue weighted by molar-refractivity contribution is 7.05. The van der Waals surface area contributed by atoms with Crippen LogP contribution in [0.4, 0.5) is 4.39 Å². The van der Waals surface area contributed by atoms with Crippen molar-refractivity contribution in [3.05, 3.63) is 45.7 Å². The molecule has 21 heavy (non-hydrogen) atoms. The van der Waals surface area contributed by atoms with Crippen LogP contribution in [0.1, 0.15) is 55.4 Å². The molecule has 0 radical (unpaired) electrons. The third kappa shape index (κ3) is 3.66. The molecule has 1 atom stereocenters. The van der Waals surface area contributed by atoms with Gasteiger partial charge in [0.2, 0.25) is 0 Å². The molecule has 0 aliphatic heterocycles. The maximum atomic E-state index is 13.7. The molecule has 2 aromatic rings. The van der Waals surface area contributed by atoms with E-state index in [-0.39, 0.29) is 17.3 Å². The SMILES string of the molecule is CCNC(c1cc(C)cc(F)c1)c1snnc1C(C)(C)C. The second-order valence-electron chi connectivity index (χ2n) is 6.29. The minimum atomic E-state index is -0.206. The number of aryl methyl sites for hydroxylation is 1. The number of nitrogens with one attached hydrogen (secondary N) is 1. The van der Waals surface area contributed by atoms with Gasteiger partial charge >= 0.3 is 0 Å². The van der Waals surface area contributed by atoms with Crippen LogP contribution in [-0.2, 0) is 5.41 Å². The summed E-state index contributed by atoms with van der Waals surface area (Å²) in [6.07, 6.45) is 0. The zero-order valence-electron chi connectivity index (χ0n) is 13.2. The van der Waals surface area contributed by atoms with Crippen molar-refractivity contribution < 1.29 is 4.39 Å². The van der Waals surface area contributed by atoms with Crippen molar-refractivity contribution in [3.63, 3.8) is 0 Å². The Morgan fingerprint density at radius 1 is 1.29 bits per heavy atom. The first-order chi connectivity index (χ1) is 9.82. The number of halogens is 1. The van der Waals surface area contributed by atoms with Crippen molar-refractivity contribution in [2.45, 2.75) is 46.1 Å². The average molecular weight is 307 g/mol. The molecule has 0 aliphatic carbocycles. The fraction of sp³-hybridized carbons (Fsp3) is 0.500. The summed E-state index contributed by atoms with van der Waals surface area (Å²) < 4.78 is 17.9. The normalized spacial score (nSPS) is 13.4. The summed E-state index contributed by atoms with van der Waals surface area (Å²) in [5, 5.41) is 7.73. The van der Waals surface area contributed by atoms with Crippen LogP contribution in [0.25, 0.3) is 0 Å². The van der Waals surface area contributed by atoms with E-state index >= 15 is 0 Å². The molecule has 0 saturated carbocycles. The van der Waals surface area contributed by atoms with Crippen LogP contribution in [0.2, 0.25) is 0 Å². The van der Waals surface area contributed by atoms with Gasteiger partial charge in [0.15, 0.2) is 0 Å². The molecule has 1 unspecified atom stereocenters. The lowest BCUT2D eigenvalue weighted by molar-refractivity contribution is 0.541. The molecule has 5 heteroatoms. The molecule has 0 spiro atoms. The van der Waals surface area contributed by atoms with Gasteiger partial charge in [-0.25, -0.2) is 4.39 Å². The van der Waals surface area contributed by atoms with Gasteiger partial charge in [0.25, 0.3) is 0 Å². The lowest BCUT2D eigenvalue weighted by atomic mass is 9.88. The minimum absolute atomic E-state index is 0.0707. The van der Waals surface area contributed by atoms with Crippen LogP contribution in [0.3, 0.4) is 0 Å². The van der Waals surface area contributed by atoms with Gasteiger partial charge in [-0.1, -0.05) is 38.2 Å². The van der Waals surface area contributed by atoms with Gasteiger partial charge in [0.1, 0.15) is 5.82 Å². The molecule has 3 nitrogen and oxygen atoms in total. The quantitative estimate of drug-likeness (QED) is 0.928. The number of hydrogen-bond donors (Lipinski definition) is 1. The van der Waals surface area contributed by atoms with Crippen LogP contribution in [0.15, 0.2) is 18.2 Å². The van der Waals surface area contributed by atoms with Gasteiger partial charge in [-0.2, -0.15) is 0 Å². The zero-order valence-corrected chi connectivity index (χ0v) is 14.0. The molecule has 0 amide bonds. The minimum Gasteiger partial charge on any atom is -0.306 e. The van der Waals surface area contributed by atoms with E-state index in [1.165, 1.54) is 11.5 Å². The summed E-state index contributed by atoms with van der Waals surface area (Å²) in [7, 11) is 0. The molecular formula is C16H22FN3S. The summed E-state index contributed by atoms with van der Waals surface area (Å²) in [5.74, 6) is -0.206. The highest BCUT2D eigenvalue weighted by Gasteiger charge is 2.28. The van der Waals surface area contributed by atoms with Crippen molar-refractivity contribution in [1.29, 1.82) is 0 Å². The van der Waals surface area contributed by atoms with E-state index < -0.39 is 0 Å². The van der Waals surface area contributed by atoms with Crippen LogP contribution in [-0.4, -0.2) is 16.1 Å². The summed E-state index contributed by atoms with van der Waals surface area (Å²) in [5.41, 5.74) is 2.73. The Hall–Kier alpha value is -1.33. The molecule has 1 N–H and O–H groups in total. The maximum Gasteiger partial charge on any atom is 0.123 e. The van der Waals surface area contributed by atoms with Crippen LogP contribution in [0, 0.1) is 12.7 Å². The van der Waals surface area contributed by atoms with Gasteiger partial charge in [0, 0.05) is 5.41 Å². The van der Waals surface area contributed by atoms with Crippen LogP contribution >= 0.6 is 11.5 Å². The Labute approximate surface area is 129 Å². The second-order valence-corrected chi connectivity index (χ2v) is 7.07. The first-order valence-corrected chi connectivity index (χ1v) is 7.93. The Balaban J connectivity index is 2.51. The topological polar surface area (TPSA) is 37.8 Å². The summed E-state index contributed by atoms with van der Waals surface area (Å²) >= 11 is 1.38. The smallest absolute Gasteiger partial charge is 0.123 e. The van der Waals surface area contributed by atoms with Gasteiger partial charge in [-0.05, 0) is 48.3 Å². The van der Waals surface area contributed by atoms with Crippen LogP contribution in [0.5, 0.6) is 0 Å². The van der Waals surface area contributed by atoms with Crippen molar-refractivity contribution >= 4 is 11.5 Å². The lowest BCUT2D eigenvalue weighted by Crippen LogP contribution is -2.25. The highest BCUT2D eigenvalue weighted by Crippen LogP contribution is 2.34. The predicted molar refractivity (Wildman–Crippen MR) is 85.3 cm³/mol. The molecule has 0 saturated heterocycles. The molecule has 2 rings (SSSR count). The number of benzene rings is 1. The van der Waals surface area contributed by atoms with E-state index in [9.17, 15) is 4.39 Å². The number of hydrogen-bond acceptors (Lipinski definition) is 4. The summed E-state index contributed by atoms with van der Waals surface area (Å²) in [6, 6.07) is 5.08. The number of rotatable bonds is 4. The van der Waals surface area contributed by atoms with Crippen molar-refractivity contribution in [3.8, 4) is 0 Å². The van der Waals surface area contributed by atoms with Gasteiger partial charge in [-0.15, -0.1) is 5.10 Å². The van der Waals surface area contributed by atoms with Crippen molar-refractivity contribution in [2.75, 3.05) is 6.54 Å². The Bertz CT molecular complexity index is 596. The van der Waals surface area contributed by atoms with E-state index in [4.69, 9.17) is 0 Å². The average Bonchev–Trinajstić information content (AvgIpc) is 2.83.